The van der Waals surface area contributed by atoms with Crippen LogP contribution < -0.4 is 11.1 Å². The van der Waals surface area contributed by atoms with Gasteiger partial charge in [-0.1, -0.05) is 54.6 Å². The van der Waals surface area contributed by atoms with Crippen LogP contribution in [0.3, 0.4) is 0 Å². The molecule has 0 radical (unpaired) electrons. The van der Waals surface area contributed by atoms with E-state index >= 15 is 0 Å². The summed E-state index contributed by atoms with van der Waals surface area (Å²) in [5, 5.41) is 2.60. The second-order valence-corrected chi connectivity index (χ2v) is 4.54. The van der Waals surface area contributed by atoms with Crippen LogP contribution in [-0.4, -0.2) is 25.8 Å². The van der Waals surface area contributed by atoms with Gasteiger partial charge in [0.1, 0.15) is 6.61 Å². The van der Waals surface area contributed by atoms with Gasteiger partial charge in [-0.15, -0.1) is 0 Å². The van der Waals surface area contributed by atoms with Gasteiger partial charge in [0.25, 0.3) is 0 Å². The number of alkyl carbamates (subject to hydrolysis) is 1. The number of ether oxygens (including phenoxy) is 1. The molecule has 0 saturated carbocycles. The Labute approximate surface area is 126 Å². The molecule has 0 aliphatic carbocycles. The maximum atomic E-state index is 11.1. The Bertz CT molecular complexity index is 441. The van der Waals surface area contributed by atoms with E-state index in [-0.39, 0.29) is 6.61 Å². The van der Waals surface area contributed by atoms with Gasteiger partial charge in [0.15, 0.2) is 0 Å². The first-order chi connectivity index (χ1) is 10.3. The maximum Gasteiger partial charge on any atom is 0.407 e. The molecule has 4 heteroatoms. The second-order valence-electron chi connectivity index (χ2n) is 4.54. The minimum atomic E-state index is -0.433. The van der Waals surface area contributed by atoms with Crippen molar-refractivity contribution in [1.82, 2.24) is 5.32 Å². The SMILES string of the molecule is NCCOC(=O)NC/C=C/C=C/CCCc1ccccc1. The Morgan fingerprint density at radius 3 is 2.71 bits per heavy atom. The molecule has 0 spiro atoms. The van der Waals surface area contributed by atoms with Crippen LogP contribution in [0.5, 0.6) is 0 Å². The molecule has 0 fully saturated rings. The molecule has 0 heterocycles. The highest BCUT2D eigenvalue weighted by atomic mass is 16.5. The Morgan fingerprint density at radius 1 is 1.19 bits per heavy atom. The molecule has 0 aromatic heterocycles. The van der Waals surface area contributed by atoms with Crippen molar-refractivity contribution >= 4 is 6.09 Å². The zero-order chi connectivity index (χ0) is 15.2. The highest BCUT2D eigenvalue weighted by molar-refractivity contribution is 5.67. The summed E-state index contributed by atoms with van der Waals surface area (Å²) in [4.78, 5) is 11.1. The summed E-state index contributed by atoms with van der Waals surface area (Å²) in [5.74, 6) is 0. The normalized spacial score (nSPS) is 11.1. The standard InChI is InChI=1S/C17H24N2O2/c18-13-15-21-17(20)19-14-9-4-2-1-3-6-10-16-11-7-5-8-12-16/h1-2,4-5,7-9,11-12H,3,6,10,13-15,18H2,(H,19,20)/b2-1+,9-4+. The average molecular weight is 288 g/mol. The van der Waals surface area contributed by atoms with E-state index in [9.17, 15) is 4.79 Å². The van der Waals surface area contributed by atoms with Crippen LogP contribution in [0.4, 0.5) is 4.79 Å². The number of nitrogens with one attached hydrogen (secondary N) is 1. The number of allylic oxidation sites excluding steroid dienone is 3. The average Bonchev–Trinajstić information content (AvgIpc) is 2.52. The van der Waals surface area contributed by atoms with Crippen LogP contribution in [0.25, 0.3) is 0 Å². The van der Waals surface area contributed by atoms with Gasteiger partial charge in [0, 0.05) is 13.1 Å². The first-order valence-electron chi connectivity index (χ1n) is 7.29. The fraction of sp³-hybridized carbons (Fsp3) is 0.353. The number of hydrogen-bond donors (Lipinski definition) is 2. The molecule has 0 bridgehead atoms. The van der Waals surface area contributed by atoms with Gasteiger partial charge in [0.2, 0.25) is 0 Å². The minimum Gasteiger partial charge on any atom is -0.448 e. The fourth-order valence-electron chi connectivity index (χ4n) is 1.74. The zero-order valence-corrected chi connectivity index (χ0v) is 12.3. The van der Waals surface area contributed by atoms with E-state index in [0.717, 1.165) is 19.3 Å². The van der Waals surface area contributed by atoms with Crippen LogP contribution in [0.2, 0.25) is 0 Å². The monoisotopic (exact) mass is 288 g/mol. The van der Waals surface area contributed by atoms with Gasteiger partial charge >= 0.3 is 6.09 Å². The van der Waals surface area contributed by atoms with Crippen molar-refractivity contribution in [2.24, 2.45) is 5.73 Å². The molecule has 0 aliphatic heterocycles. The molecule has 0 aliphatic rings. The number of carbonyl (C=O) groups is 1. The lowest BCUT2D eigenvalue weighted by molar-refractivity contribution is 0.150. The van der Waals surface area contributed by atoms with Gasteiger partial charge in [0.05, 0.1) is 0 Å². The van der Waals surface area contributed by atoms with Crippen LogP contribution in [0.1, 0.15) is 18.4 Å². The third-order valence-corrected chi connectivity index (χ3v) is 2.78. The molecule has 114 valence electrons. The van der Waals surface area contributed by atoms with Crippen molar-refractivity contribution in [2.75, 3.05) is 19.7 Å². The number of nitrogens with two attached hydrogens (primary N) is 1. The summed E-state index contributed by atoms with van der Waals surface area (Å²) in [6.45, 7) is 1.05. The third-order valence-electron chi connectivity index (χ3n) is 2.78. The van der Waals surface area contributed by atoms with E-state index in [4.69, 9.17) is 10.5 Å². The molecule has 21 heavy (non-hydrogen) atoms. The first-order valence-corrected chi connectivity index (χ1v) is 7.29. The predicted molar refractivity (Wildman–Crippen MR) is 86.1 cm³/mol. The molecular formula is C17H24N2O2. The van der Waals surface area contributed by atoms with Crippen molar-refractivity contribution in [3.8, 4) is 0 Å². The van der Waals surface area contributed by atoms with Gasteiger partial charge in [-0.2, -0.15) is 0 Å². The zero-order valence-electron chi connectivity index (χ0n) is 12.3. The number of hydrogen-bond acceptors (Lipinski definition) is 3. The molecule has 4 nitrogen and oxygen atoms in total. The quantitative estimate of drug-likeness (QED) is 0.542. The van der Waals surface area contributed by atoms with E-state index in [1.807, 2.05) is 24.3 Å². The molecule has 0 atom stereocenters. The van der Waals surface area contributed by atoms with Crippen molar-refractivity contribution < 1.29 is 9.53 Å². The Kier molecular flexibility index (Phi) is 9.49. The molecule has 1 aromatic rings. The summed E-state index contributed by atoms with van der Waals surface area (Å²) >= 11 is 0. The van der Waals surface area contributed by atoms with Gasteiger partial charge in [-0.05, 0) is 24.8 Å². The Morgan fingerprint density at radius 2 is 1.95 bits per heavy atom. The van der Waals surface area contributed by atoms with E-state index in [2.05, 4.69) is 35.7 Å². The molecule has 0 unspecified atom stereocenters. The number of carbonyl (C=O) groups excluding carboxylic acids is 1. The third kappa shape index (κ3) is 9.46. The van der Waals surface area contributed by atoms with E-state index in [1.54, 1.807) is 0 Å². The molecule has 1 amide bonds. The summed E-state index contributed by atoms with van der Waals surface area (Å²) in [6, 6.07) is 10.5. The summed E-state index contributed by atoms with van der Waals surface area (Å²) < 4.78 is 4.77. The number of rotatable bonds is 9. The van der Waals surface area contributed by atoms with Crippen LogP contribution >= 0.6 is 0 Å². The lowest BCUT2D eigenvalue weighted by atomic mass is 10.1. The molecule has 3 N–H and O–H groups in total. The number of unbranched alkanes of at least 4 members (excludes halogenated alkanes) is 1. The molecule has 1 aromatic carbocycles. The van der Waals surface area contributed by atoms with Gasteiger partial charge in [-0.25, -0.2) is 4.79 Å². The number of amides is 1. The Hall–Kier alpha value is -2.07. The van der Waals surface area contributed by atoms with Crippen molar-refractivity contribution in [1.29, 1.82) is 0 Å². The highest BCUT2D eigenvalue weighted by Gasteiger charge is 1.96. The van der Waals surface area contributed by atoms with E-state index in [1.165, 1.54) is 5.56 Å². The fourth-order valence-corrected chi connectivity index (χ4v) is 1.74. The van der Waals surface area contributed by atoms with Crippen molar-refractivity contribution in [3.63, 3.8) is 0 Å². The topological polar surface area (TPSA) is 64.3 Å². The van der Waals surface area contributed by atoms with Crippen molar-refractivity contribution in [3.05, 3.63) is 60.2 Å². The highest BCUT2D eigenvalue weighted by Crippen LogP contribution is 2.04. The molecule has 1 rings (SSSR count). The van der Waals surface area contributed by atoms with Crippen molar-refractivity contribution in [2.45, 2.75) is 19.3 Å². The molecular weight excluding hydrogens is 264 g/mol. The number of benzene rings is 1. The van der Waals surface area contributed by atoms with Crippen LogP contribution in [0, 0.1) is 0 Å². The van der Waals surface area contributed by atoms with Crippen LogP contribution in [0.15, 0.2) is 54.6 Å². The first kappa shape index (κ1) is 17.0. The predicted octanol–water partition coefficient (Wildman–Crippen LogP) is 2.81. The second kappa shape index (κ2) is 11.7. The summed E-state index contributed by atoms with van der Waals surface area (Å²) in [5.41, 5.74) is 6.60. The minimum absolute atomic E-state index is 0.247. The lowest BCUT2D eigenvalue weighted by Crippen LogP contribution is -2.26. The molecule has 0 saturated heterocycles. The largest absolute Gasteiger partial charge is 0.448 e. The lowest BCUT2D eigenvalue weighted by Gasteiger charge is -2.02. The maximum absolute atomic E-state index is 11.1. The summed E-state index contributed by atoms with van der Waals surface area (Å²) in [6.07, 6.45) is 10.8. The smallest absolute Gasteiger partial charge is 0.407 e. The van der Waals surface area contributed by atoms with Gasteiger partial charge in [-0.3, -0.25) is 0 Å². The van der Waals surface area contributed by atoms with E-state index < -0.39 is 6.09 Å². The summed E-state index contributed by atoms with van der Waals surface area (Å²) in [7, 11) is 0. The Balaban J connectivity index is 2.01. The van der Waals surface area contributed by atoms with E-state index in [0.29, 0.717) is 13.1 Å². The van der Waals surface area contributed by atoms with Crippen LogP contribution in [-0.2, 0) is 11.2 Å². The number of aryl methyl sites for hydroxylation is 1. The van der Waals surface area contributed by atoms with Gasteiger partial charge < -0.3 is 15.8 Å².